The Morgan fingerprint density at radius 3 is 2.12 bits per heavy atom. The Morgan fingerprint density at radius 2 is 1.60 bits per heavy atom. The van der Waals surface area contributed by atoms with Crippen LogP contribution in [0.4, 0.5) is 14.5 Å². The second-order valence-electron chi connectivity index (χ2n) is 5.36. The van der Waals surface area contributed by atoms with Crippen molar-refractivity contribution in [1.82, 2.24) is 4.98 Å². The van der Waals surface area contributed by atoms with E-state index in [1.54, 1.807) is 26.0 Å². The summed E-state index contributed by atoms with van der Waals surface area (Å²) in [5.74, 6) is -0.872. The number of rotatable bonds is 4. The van der Waals surface area contributed by atoms with Crippen molar-refractivity contribution in [1.29, 1.82) is 0 Å². The highest BCUT2D eigenvalue weighted by Gasteiger charge is 2.19. The molecule has 0 saturated carbocycles. The number of benzene rings is 2. The van der Waals surface area contributed by atoms with Crippen molar-refractivity contribution in [2.24, 2.45) is 0 Å². The lowest BCUT2D eigenvalue weighted by Crippen LogP contribution is -2.15. The van der Waals surface area contributed by atoms with Crippen LogP contribution in [0.5, 0.6) is 0 Å². The molecule has 3 aromatic rings. The van der Waals surface area contributed by atoms with Gasteiger partial charge in [-0.05, 0) is 31.2 Å². The molecule has 1 N–H and O–H groups in total. The largest absolute Gasteiger partial charge is 0.446 e. The standard InChI is InChI=1S/C17H14F2N2O3S/c1-10-16(20-11(2)24-10)12-6-8-13(9-7-12)25(22,23)21-17-14(18)4-3-5-15(17)19/h3-9,21H,1-2H3. The lowest BCUT2D eigenvalue weighted by molar-refractivity contribution is 0.495. The Labute approximate surface area is 143 Å². The molecule has 25 heavy (non-hydrogen) atoms. The number of hydrogen-bond acceptors (Lipinski definition) is 4. The van der Waals surface area contributed by atoms with E-state index >= 15 is 0 Å². The van der Waals surface area contributed by atoms with E-state index in [2.05, 4.69) is 4.98 Å². The van der Waals surface area contributed by atoms with E-state index in [9.17, 15) is 17.2 Å². The Morgan fingerprint density at radius 1 is 1.00 bits per heavy atom. The molecule has 0 aliphatic carbocycles. The number of nitrogens with zero attached hydrogens (tertiary/aromatic N) is 1. The molecule has 3 rings (SSSR count). The average molecular weight is 364 g/mol. The molecule has 2 aromatic carbocycles. The first-order valence-corrected chi connectivity index (χ1v) is 8.77. The molecule has 0 bridgehead atoms. The van der Waals surface area contributed by atoms with E-state index in [1.165, 1.54) is 12.1 Å². The van der Waals surface area contributed by atoms with Crippen LogP contribution in [0.1, 0.15) is 11.7 Å². The SMILES string of the molecule is Cc1nc(-c2ccc(S(=O)(=O)Nc3c(F)cccc3F)cc2)c(C)o1. The summed E-state index contributed by atoms with van der Waals surface area (Å²) < 4.78 is 59.3. The van der Waals surface area contributed by atoms with E-state index < -0.39 is 27.3 Å². The fourth-order valence-electron chi connectivity index (χ4n) is 2.38. The van der Waals surface area contributed by atoms with Crippen LogP contribution in [0.25, 0.3) is 11.3 Å². The zero-order valence-corrected chi connectivity index (χ0v) is 14.2. The predicted molar refractivity (Wildman–Crippen MR) is 88.6 cm³/mol. The maximum atomic E-state index is 13.6. The van der Waals surface area contributed by atoms with Gasteiger partial charge >= 0.3 is 0 Å². The van der Waals surface area contributed by atoms with Crippen LogP contribution < -0.4 is 4.72 Å². The van der Waals surface area contributed by atoms with Crippen LogP contribution >= 0.6 is 0 Å². The molecule has 1 aromatic heterocycles. The van der Waals surface area contributed by atoms with Gasteiger partial charge in [0.25, 0.3) is 10.0 Å². The molecule has 1 heterocycles. The molecular formula is C17H14F2N2O3S. The Bertz CT molecular complexity index is 1010. The van der Waals surface area contributed by atoms with Crippen LogP contribution in [0.2, 0.25) is 0 Å². The van der Waals surface area contributed by atoms with E-state index in [4.69, 9.17) is 4.42 Å². The van der Waals surface area contributed by atoms with Gasteiger partial charge in [0.15, 0.2) is 5.89 Å². The zero-order valence-electron chi connectivity index (χ0n) is 13.4. The van der Waals surface area contributed by atoms with Crippen LogP contribution in [0.15, 0.2) is 51.8 Å². The lowest BCUT2D eigenvalue weighted by atomic mass is 10.1. The molecule has 0 atom stereocenters. The number of halogens is 2. The highest BCUT2D eigenvalue weighted by Crippen LogP contribution is 2.26. The topological polar surface area (TPSA) is 72.2 Å². The zero-order chi connectivity index (χ0) is 18.2. The average Bonchev–Trinajstić information content (AvgIpc) is 2.90. The third kappa shape index (κ3) is 3.39. The first kappa shape index (κ1) is 17.1. The Balaban J connectivity index is 1.92. The number of hydrogen-bond donors (Lipinski definition) is 1. The minimum absolute atomic E-state index is 0.128. The Kier molecular flexibility index (Phi) is 4.30. The lowest BCUT2D eigenvalue weighted by Gasteiger charge is -2.10. The maximum Gasteiger partial charge on any atom is 0.262 e. The smallest absolute Gasteiger partial charge is 0.262 e. The molecule has 0 amide bonds. The highest BCUT2D eigenvalue weighted by atomic mass is 32.2. The minimum Gasteiger partial charge on any atom is -0.446 e. The van der Waals surface area contributed by atoms with E-state index in [0.717, 1.165) is 18.2 Å². The number of oxazole rings is 1. The number of aryl methyl sites for hydroxylation is 2. The molecule has 0 unspecified atom stereocenters. The number of para-hydroxylation sites is 1. The second kappa shape index (κ2) is 6.29. The number of sulfonamides is 1. The molecule has 8 heteroatoms. The molecule has 0 radical (unpaired) electrons. The molecule has 0 saturated heterocycles. The summed E-state index contributed by atoms with van der Waals surface area (Å²) in [6.07, 6.45) is 0. The normalized spacial score (nSPS) is 11.5. The molecule has 0 spiro atoms. The fourth-order valence-corrected chi connectivity index (χ4v) is 3.45. The van der Waals surface area contributed by atoms with Crippen LogP contribution in [-0.2, 0) is 10.0 Å². The summed E-state index contributed by atoms with van der Waals surface area (Å²) in [5.41, 5.74) is 0.564. The van der Waals surface area contributed by atoms with Gasteiger partial charge in [0.1, 0.15) is 28.8 Å². The van der Waals surface area contributed by atoms with Gasteiger partial charge in [0.2, 0.25) is 0 Å². The van der Waals surface area contributed by atoms with Gasteiger partial charge in [-0.1, -0.05) is 18.2 Å². The first-order chi connectivity index (χ1) is 11.8. The summed E-state index contributed by atoms with van der Waals surface area (Å²) in [6.45, 7) is 3.46. The monoisotopic (exact) mass is 364 g/mol. The van der Waals surface area contributed by atoms with Gasteiger partial charge in [0, 0.05) is 12.5 Å². The van der Waals surface area contributed by atoms with Crippen LogP contribution in [0.3, 0.4) is 0 Å². The van der Waals surface area contributed by atoms with Gasteiger partial charge in [-0.3, -0.25) is 4.72 Å². The van der Waals surface area contributed by atoms with Gasteiger partial charge < -0.3 is 4.42 Å². The van der Waals surface area contributed by atoms with Gasteiger partial charge in [-0.15, -0.1) is 0 Å². The van der Waals surface area contributed by atoms with E-state index in [1.807, 2.05) is 4.72 Å². The Hall–Kier alpha value is -2.74. The summed E-state index contributed by atoms with van der Waals surface area (Å²) >= 11 is 0. The van der Waals surface area contributed by atoms with Crippen molar-refractivity contribution in [3.63, 3.8) is 0 Å². The number of anilines is 1. The van der Waals surface area contributed by atoms with Crippen molar-refractivity contribution in [3.05, 3.63) is 65.7 Å². The van der Waals surface area contributed by atoms with E-state index in [-0.39, 0.29) is 4.90 Å². The quantitative estimate of drug-likeness (QED) is 0.758. The van der Waals surface area contributed by atoms with Crippen molar-refractivity contribution in [2.75, 3.05) is 4.72 Å². The third-order valence-electron chi connectivity index (χ3n) is 3.54. The molecule has 0 aliphatic rings. The molecule has 130 valence electrons. The van der Waals surface area contributed by atoms with Crippen molar-refractivity contribution >= 4 is 15.7 Å². The third-order valence-corrected chi connectivity index (χ3v) is 4.91. The first-order valence-electron chi connectivity index (χ1n) is 7.29. The second-order valence-corrected chi connectivity index (χ2v) is 7.05. The molecule has 0 fully saturated rings. The summed E-state index contributed by atoms with van der Waals surface area (Å²) in [6, 6.07) is 8.87. The number of aromatic nitrogens is 1. The highest BCUT2D eigenvalue weighted by molar-refractivity contribution is 7.92. The van der Waals surface area contributed by atoms with Crippen molar-refractivity contribution < 1.29 is 21.6 Å². The predicted octanol–water partition coefficient (Wildman–Crippen LogP) is 4.04. The van der Waals surface area contributed by atoms with Gasteiger partial charge in [0.05, 0.1) is 4.90 Å². The summed E-state index contributed by atoms with van der Waals surface area (Å²) in [4.78, 5) is 4.10. The summed E-state index contributed by atoms with van der Waals surface area (Å²) in [5, 5.41) is 0. The molecular weight excluding hydrogens is 350 g/mol. The van der Waals surface area contributed by atoms with Gasteiger partial charge in [-0.25, -0.2) is 22.2 Å². The van der Waals surface area contributed by atoms with Gasteiger partial charge in [-0.2, -0.15) is 0 Å². The fraction of sp³-hybridized carbons (Fsp3) is 0.118. The molecule has 0 aliphatic heterocycles. The van der Waals surface area contributed by atoms with Crippen molar-refractivity contribution in [2.45, 2.75) is 18.7 Å². The minimum atomic E-state index is -4.14. The summed E-state index contributed by atoms with van der Waals surface area (Å²) in [7, 11) is -4.14. The molecule has 5 nitrogen and oxygen atoms in total. The van der Waals surface area contributed by atoms with Crippen molar-refractivity contribution in [3.8, 4) is 11.3 Å². The van der Waals surface area contributed by atoms with Crippen LogP contribution in [0, 0.1) is 25.5 Å². The van der Waals surface area contributed by atoms with E-state index in [0.29, 0.717) is 22.9 Å². The maximum absolute atomic E-state index is 13.6. The number of nitrogens with one attached hydrogen (secondary N) is 1. The van der Waals surface area contributed by atoms with Crippen LogP contribution in [-0.4, -0.2) is 13.4 Å².